The molecule has 1 aromatic carbocycles. The van der Waals surface area contributed by atoms with Gasteiger partial charge in [0, 0.05) is 11.1 Å². The number of halogens is 1. The molecule has 0 bridgehead atoms. The van der Waals surface area contributed by atoms with Crippen molar-refractivity contribution in [3.05, 3.63) is 57.3 Å². The maximum Gasteiger partial charge on any atom is 0.188 e. The SMILES string of the molecule is Clc1ccsc1.Nc1cccc2c1C(=O)C=C2. The van der Waals surface area contributed by atoms with E-state index in [0.717, 1.165) is 10.6 Å². The number of carbonyl (C=O) groups excluding carboxylic acids is 1. The fourth-order valence-corrected chi connectivity index (χ4v) is 2.31. The van der Waals surface area contributed by atoms with Gasteiger partial charge in [-0.2, -0.15) is 11.3 Å². The monoisotopic (exact) mass is 263 g/mol. The molecule has 1 aliphatic rings. The van der Waals surface area contributed by atoms with E-state index in [1.807, 2.05) is 29.0 Å². The number of nitrogen functional groups attached to an aromatic ring is 1. The van der Waals surface area contributed by atoms with Crippen molar-refractivity contribution in [2.24, 2.45) is 0 Å². The van der Waals surface area contributed by atoms with Crippen LogP contribution < -0.4 is 5.73 Å². The fourth-order valence-electron chi connectivity index (χ4n) is 1.51. The van der Waals surface area contributed by atoms with Gasteiger partial charge < -0.3 is 5.73 Å². The van der Waals surface area contributed by atoms with Gasteiger partial charge in [0.15, 0.2) is 5.78 Å². The summed E-state index contributed by atoms with van der Waals surface area (Å²) in [5, 5.41) is 4.67. The maximum atomic E-state index is 11.1. The number of carbonyl (C=O) groups is 1. The van der Waals surface area contributed by atoms with Gasteiger partial charge in [-0.1, -0.05) is 29.8 Å². The predicted molar refractivity (Wildman–Crippen MR) is 73.5 cm³/mol. The van der Waals surface area contributed by atoms with Crippen molar-refractivity contribution in [3.8, 4) is 0 Å². The number of benzene rings is 1. The molecule has 17 heavy (non-hydrogen) atoms. The minimum atomic E-state index is 0.0121. The van der Waals surface area contributed by atoms with E-state index in [9.17, 15) is 4.79 Å². The Kier molecular flexibility index (Phi) is 3.61. The molecular formula is C13H10ClNOS. The van der Waals surface area contributed by atoms with E-state index >= 15 is 0 Å². The van der Waals surface area contributed by atoms with Crippen molar-refractivity contribution in [2.75, 3.05) is 5.73 Å². The zero-order valence-corrected chi connectivity index (χ0v) is 10.5. The largest absolute Gasteiger partial charge is 0.398 e. The van der Waals surface area contributed by atoms with E-state index in [0.29, 0.717) is 11.3 Å². The minimum Gasteiger partial charge on any atom is -0.398 e. The first-order valence-corrected chi connectivity index (χ1v) is 6.29. The van der Waals surface area contributed by atoms with Crippen LogP contribution in [0, 0.1) is 0 Å². The summed E-state index contributed by atoms with van der Waals surface area (Å²) in [7, 11) is 0. The minimum absolute atomic E-state index is 0.0121. The zero-order valence-electron chi connectivity index (χ0n) is 8.89. The third kappa shape index (κ3) is 2.75. The van der Waals surface area contributed by atoms with Gasteiger partial charge in [0.1, 0.15) is 0 Å². The van der Waals surface area contributed by atoms with E-state index in [4.69, 9.17) is 17.3 Å². The van der Waals surface area contributed by atoms with Gasteiger partial charge >= 0.3 is 0 Å². The molecule has 0 unspecified atom stereocenters. The number of rotatable bonds is 0. The molecule has 0 radical (unpaired) electrons. The molecule has 0 spiro atoms. The number of hydrogen-bond donors (Lipinski definition) is 1. The van der Waals surface area contributed by atoms with Gasteiger partial charge in [0.2, 0.25) is 0 Å². The Morgan fingerprint density at radius 3 is 2.53 bits per heavy atom. The number of hydrogen-bond acceptors (Lipinski definition) is 3. The molecular weight excluding hydrogens is 254 g/mol. The summed E-state index contributed by atoms with van der Waals surface area (Å²) in [5.41, 5.74) is 7.74. The van der Waals surface area contributed by atoms with Gasteiger partial charge in [0.25, 0.3) is 0 Å². The number of nitrogens with two attached hydrogens (primary N) is 1. The molecule has 2 nitrogen and oxygen atoms in total. The third-order valence-electron chi connectivity index (χ3n) is 2.28. The number of thiophene rings is 1. The topological polar surface area (TPSA) is 43.1 Å². The highest BCUT2D eigenvalue weighted by Gasteiger charge is 2.15. The number of anilines is 1. The summed E-state index contributed by atoms with van der Waals surface area (Å²) in [6, 6.07) is 7.33. The molecule has 0 aliphatic heterocycles. The van der Waals surface area contributed by atoms with Crippen LogP contribution in [-0.4, -0.2) is 5.78 Å². The molecule has 86 valence electrons. The lowest BCUT2D eigenvalue weighted by Gasteiger charge is -1.99. The highest BCUT2D eigenvalue weighted by Crippen LogP contribution is 2.24. The highest BCUT2D eigenvalue weighted by molar-refractivity contribution is 7.08. The molecule has 0 amide bonds. The molecule has 0 saturated heterocycles. The first-order chi connectivity index (χ1) is 8.18. The van der Waals surface area contributed by atoms with Gasteiger partial charge in [-0.3, -0.25) is 4.79 Å². The van der Waals surface area contributed by atoms with Crippen LogP contribution in [0.1, 0.15) is 15.9 Å². The van der Waals surface area contributed by atoms with Crippen LogP contribution in [0.15, 0.2) is 41.1 Å². The molecule has 2 N–H and O–H groups in total. The third-order valence-corrected chi connectivity index (χ3v) is 3.32. The molecule has 1 aromatic heterocycles. The summed E-state index contributed by atoms with van der Waals surface area (Å²) >= 11 is 7.07. The average Bonchev–Trinajstić information content (AvgIpc) is 2.90. The van der Waals surface area contributed by atoms with Gasteiger partial charge in [0.05, 0.1) is 10.6 Å². The Morgan fingerprint density at radius 2 is 2.00 bits per heavy atom. The van der Waals surface area contributed by atoms with Gasteiger partial charge in [-0.25, -0.2) is 0 Å². The van der Waals surface area contributed by atoms with Gasteiger partial charge in [-0.15, -0.1) is 0 Å². The van der Waals surface area contributed by atoms with Crippen LogP contribution in [0.5, 0.6) is 0 Å². The smallest absolute Gasteiger partial charge is 0.188 e. The molecule has 0 saturated carbocycles. The number of fused-ring (bicyclic) bond motifs is 1. The summed E-state index contributed by atoms with van der Waals surface area (Å²) in [5.74, 6) is 0.0121. The van der Waals surface area contributed by atoms with E-state index in [1.54, 1.807) is 29.6 Å². The number of ketones is 1. The van der Waals surface area contributed by atoms with Crippen LogP contribution in [0.3, 0.4) is 0 Å². The van der Waals surface area contributed by atoms with Crippen molar-refractivity contribution >= 4 is 40.5 Å². The van der Waals surface area contributed by atoms with Crippen molar-refractivity contribution in [2.45, 2.75) is 0 Å². The summed E-state index contributed by atoms with van der Waals surface area (Å²) in [6.45, 7) is 0. The molecule has 3 rings (SSSR count). The zero-order chi connectivity index (χ0) is 12.3. The van der Waals surface area contributed by atoms with Crippen LogP contribution in [0.2, 0.25) is 5.02 Å². The quantitative estimate of drug-likeness (QED) is 0.733. The van der Waals surface area contributed by atoms with Crippen LogP contribution in [-0.2, 0) is 0 Å². The highest BCUT2D eigenvalue weighted by atomic mass is 35.5. The van der Waals surface area contributed by atoms with Crippen LogP contribution >= 0.6 is 22.9 Å². The van der Waals surface area contributed by atoms with Crippen molar-refractivity contribution in [3.63, 3.8) is 0 Å². The summed E-state index contributed by atoms with van der Waals surface area (Å²) in [4.78, 5) is 11.1. The Labute approximate surface area is 108 Å². The molecule has 4 heteroatoms. The Balaban J connectivity index is 0.000000153. The van der Waals surface area contributed by atoms with E-state index in [-0.39, 0.29) is 5.78 Å². The molecule has 1 heterocycles. The molecule has 2 aromatic rings. The van der Waals surface area contributed by atoms with Crippen LogP contribution in [0.4, 0.5) is 5.69 Å². The van der Waals surface area contributed by atoms with Crippen molar-refractivity contribution in [1.82, 2.24) is 0 Å². The van der Waals surface area contributed by atoms with Crippen LogP contribution in [0.25, 0.3) is 6.08 Å². The second kappa shape index (κ2) is 5.17. The second-order valence-corrected chi connectivity index (χ2v) is 4.67. The first kappa shape index (κ1) is 11.9. The predicted octanol–water partition coefficient (Wildman–Crippen LogP) is 3.88. The lowest BCUT2D eigenvalue weighted by Crippen LogP contribution is -1.98. The molecule has 0 fully saturated rings. The fraction of sp³-hybridized carbons (Fsp3) is 0. The maximum absolute atomic E-state index is 11.1. The standard InChI is InChI=1S/C9H7NO.C4H3ClS/c10-7-3-1-2-6-4-5-8(11)9(6)7;5-4-1-2-6-3-4/h1-5H,10H2;1-3H. The van der Waals surface area contributed by atoms with E-state index in [1.165, 1.54) is 0 Å². The Hall–Kier alpha value is -1.58. The molecule has 1 aliphatic carbocycles. The van der Waals surface area contributed by atoms with Crippen molar-refractivity contribution in [1.29, 1.82) is 0 Å². The van der Waals surface area contributed by atoms with E-state index in [2.05, 4.69) is 0 Å². The number of allylic oxidation sites excluding steroid dienone is 1. The second-order valence-electron chi connectivity index (χ2n) is 3.45. The first-order valence-electron chi connectivity index (χ1n) is 4.97. The molecule has 0 atom stereocenters. The van der Waals surface area contributed by atoms with Gasteiger partial charge in [-0.05, 0) is 29.2 Å². The lowest BCUT2D eigenvalue weighted by atomic mass is 10.1. The summed E-state index contributed by atoms with van der Waals surface area (Å²) in [6.07, 6.45) is 3.33. The average molecular weight is 264 g/mol. The van der Waals surface area contributed by atoms with E-state index < -0.39 is 0 Å². The normalized spacial score (nSPS) is 11.9. The van der Waals surface area contributed by atoms with Crippen molar-refractivity contribution < 1.29 is 4.79 Å². The lowest BCUT2D eigenvalue weighted by molar-refractivity contribution is 0.105. The Morgan fingerprint density at radius 1 is 1.18 bits per heavy atom. The Bertz CT molecular complexity index is 561. The summed E-state index contributed by atoms with van der Waals surface area (Å²) < 4.78 is 0.